The number of ketones is 1. The number of Topliss-reactive ketones (excluding diaryl/α,β-unsaturated/α-hetero) is 1. The number of ether oxygens (including phenoxy) is 1. The normalized spacial score (nSPS) is 28.5. The van der Waals surface area contributed by atoms with Crippen LogP contribution in [0.4, 0.5) is 4.79 Å². The van der Waals surface area contributed by atoms with Crippen molar-refractivity contribution in [3.8, 4) is 0 Å². The lowest BCUT2D eigenvalue weighted by molar-refractivity contribution is -0.161. The quantitative estimate of drug-likeness (QED) is 0.200. The van der Waals surface area contributed by atoms with Crippen molar-refractivity contribution in [3.05, 3.63) is 12.7 Å². The van der Waals surface area contributed by atoms with Gasteiger partial charge in [0, 0.05) is 5.92 Å². The molecular formula is C23H38Cl3NO4Si. The summed E-state index contributed by atoms with van der Waals surface area (Å²) in [4.78, 5) is 26.5. The molecule has 0 heterocycles. The molecule has 4 atom stereocenters. The van der Waals surface area contributed by atoms with Gasteiger partial charge in [-0.05, 0) is 48.2 Å². The fraction of sp³-hybridized carbons (Fsp3) is 0.826. The van der Waals surface area contributed by atoms with E-state index in [4.69, 9.17) is 44.0 Å². The van der Waals surface area contributed by atoms with Gasteiger partial charge in [-0.15, -0.1) is 6.58 Å². The average molecular weight is 527 g/mol. The smallest absolute Gasteiger partial charge is 0.407 e. The Morgan fingerprint density at radius 2 is 1.78 bits per heavy atom. The number of amides is 1. The maximum atomic E-state index is 13.9. The number of hydrogen-bond donors (Lipinski definition) is 1. The van der Waals surface area contributed by atoms with Crippen molar-refractivity contribution in [2.24, 2.45) is 11.8 Å². The fourth-order valence-corrected chi connectivity index (χ4v) is 12.0. The maximum Gasteiger partial charge on any atom is 0.407 e. The number of carbonyl (C=O) groups is 2. The highest BCUT2D eigenvalue weighted by atomic mass is 35.6. The summed E-state index contributed by atoms with van der Waals surface area (Å²) >= 11 is 17.2. The molecule has 3 aliphatic rings. The second-order valence-electron chi connectivity index (χ2n) is 10.2. The van der Waals surface area contributed by atoms with Gasteiger partial charge in [0.25, 0.3) is 0 Å². The van der Waals surface area contributed by atoms with Gasteiger partial charge in [-0.2, -0.15) is 0 Å². The fourth-order valence-electron chi connectivity index (χ4n) is 6.20. The molecule has 5 nitrogen and oxygen atoms in total. The second-order valence-corrected chi connectivity index (χ2v) is 18.1. The zero-order valence-electron chi connectivity index (χ0n) is 20.1. The van der Waals surface area contributed by atoms with E-state index in [1.54, 1.807) is 0 Å². The number of nitrogens with one attached hydrogen (secondary N) is 1. The zero-order valence-corrected chi connectivity index (χ0v) is 23.3. The standard InChI is InChI=1S/C23H38Cl3NO4Si/c1-8-9-18-17-10-11-22(20(18)28,31-32(14(2)3,15(4)5)16(6)7)19(12-17)27-21(29)30-13-23(24,25)26/h8,14-19H,1,9-13H2,2-7H3,(H,27,29)/t17-,18-,19+,22+/m0/s1. The molecule has 0 radical (unpaired) electrons. The molecule has 0 spiro atoms. The maximum absolute atomic E-state index is 13.9. The summed E-state index contributed by atoms with van der Waals surface area (Å²) in [5.41, 5.74) is -0.149. The van der Waals surface area contributed by atoms with Gasteiger partial charge >= 0.3 is 6.09 Å². The molecule has 0 aromatic carbocycles. The minimum Gasteiger partial charge on any atom is -0.445 e. The van der Waals surface area contributed by atoms with Gasteiger partial charge in [-0.1, -0.05) is 82.4 Å². The lowest BCUT2D eigenvalue weighted by Gasteiger charge is -2.58. The number of rotatable bonds is 9. The van der Waals surface area contributed by atoms with E-state index in [1.807, 2.05) is 6.08 Å². The lowest BCUT2D eigenvalue weighted by atomic mass is 9.58. The van der Waals surface area contributed by atoms with E-state index in [0.29, 0.717) is 35.9 Å². The molecule has 1 N–H and O–H groups in total. The topological polar surface area (TPSA) is 64.6 Å². The van der Waals surface area contributed by atoms with Gasteiger partial charge in [0.2, 0.25) is 12.1 Å². The first kappa shape index (κ1) is 28.0. The first-order valence-corrected chi connectivity index (χ1v) is 14.8. The number of alkyl halides is 3. The summed E-state index contributed by atoms with van der Waals surface area (Å²) in [6.07, 6.45) is 3.89. The molecule has 0 aromatic heterocycles. The molecule has 3 saturated carbocycles. The van der Waals surface area contributed by atoms with Crippen molar-refractivity contribution < 1.29 is 18.8 Å². The summed E-state index contributed by atoms with van der Waals surface area (Å²) in [7, 11) is -2.42. The van der Waals surface area contributed by atoms with Crippen LogP contribution < -0.4 is 5.32 Å². The average Bonchev–Trinajstić information content (AvgIpc) is 2.67. The molecule has 1 amide bonds. The Balaban J connectivity index is 2.45. The first-order chi connectivity index (χ1) is 14.7. The number of fused-ring (bicyclic) bond motifs is 3. The summed E-state index contributed by atoms with van der Waals surface area (Å²) in [5.74, 6) is 0.137. The third-order valence-corrected chi connectivity index (χ3v) is 13.9. The van der Waals surface area contributed by atoms with Crippen LogP contribution in [0.5, 0.6) is 0 Å². The largest absolute Gasteiger partial charge is 0.445 e. The number of allylic oxidation sites excluding steroid dienone is 1. The Hall–Kier alpha value is -0.273. The summed E-state index contributed by atoms with van der Waals surface area (Å²) in [5, 5.41) is 2.91. The molecule has 3 aliphatic carbocycles. The van der Waals surface area contributed by atoms with E-state index in [1.165, 1.54) is 0 Å². The van der Waals surface area contributed by atoms with Crippen LogP contribution in [0.2, 0.25) is 16.6 Å². The van der Waals surface area contributed by atoms with Gasteiger partial charge in [-0.25, -0.2) is 4.79 Å². The van der Waals surface area contributed by atoms with Crippen molar-refractivity contribution in [3.63, 3.8) is 0 Å². The van der Waals surface area contributed by atoms with E-state index < -0.39 is 29.8 Å². The van der Waals surface area contributed by atoms with Gasteiger partial charge < -0.3 is 14.5 Å². The van der Waals surface area contributed by atoms with E-state index in [2.05, 4.69) is 53.4 Å². The van der Waals surface area contributed by atoms with Gasteiger partial charge in [0.1, 0.15) is 12.2 Å². The highest BCUT2D eigenvalue weighted by molar-refractivity contribution is 6.78. The predicted octanol–water partition coefficient (Wildman–Crippen LogP) is 6.96. The van der Waals surface area contributed by atoms with Gasteiger partial charge in [-0.3, -0.25) is 4.79 Å². The highest BCUT2D eigenvalue weighted by Gasteiger charge is 2.63. The third kappa shape index (κ3) is 5.51. The monoisotopic (exact) mass is 525 g/mol. The molecule has 0 aromatic rings. The Morgan fingerprint density at radius 3 is 2.25 bits per heavy atom. The molecule has 32 heavy (non-hydrogen) atoms. The van der Waals surface area contributed by atoms with Crippen LogP contribution in [0.3, 0.4) is 0 Å². The molecule has 2 bridgehead atoms. The summed E-state index contributed by atoms with van der Waals surface area (Å²) < 4.78 is 10.6. The zero-order chi connectivity index (χ0) is 24.5. The molecule has 0 saturated heterocycles. The van der Waals surface area contributed by atoms with Crippen LogP contribution in [0.25, 0.3) is 0 Å². The molecule has 3 rings (SSSR count). The Bertz CT molecular complexity index is 688. The number of carbonyl (C=O) groups excluding carboxylic acids is 2. The Kier molecular flexibility index (Phi) is 9.22. The van der Waals surface area contributed by atoms with Crippen molar-refractivity contribution in [1.82, 2.24) is 5.32 Å². The molecule has 9 heteroatoms. The second kappa shape index (κ2) is 10.6. The van der Waals surface area contributed by atoms with Crippen molar-refractivity contribution in [1.29, 1.82) is 0 Å². The van der Waals surface area contributed by atoms with Crippen LogP contribution in [-0.4, -0.2) is 42.2 Å². The van der Waals surface area contributed by atoms with Crippen molar-refractivity contribution in [2.75, 3.05) is 6.61 Å². The van der Waals surface area contributed by atoms with Crippen molar-refractivity contribution in [2.45, 2.75) is 99.3 Å². The van der Waals surface area contributed by atoms with Crippen LogP contribution >= 0.6 is 34.8 Å². The van der Waals surface area contributed by atoms with Crippen LogP contribution in [0.1, 0.15) is 67.2 Å². The number of alkyl carbamates (subject to hydrolysis) is 1. The minimum atomic E-state index is -2.42. The molecule has 184 valence electrons. The lowest BCUT2D eigenvalue weighted by Crippen LogP contribution is -2.72. The number of hydrogen-bond acceptors (Lipinski definition) is 4. The molecule has 0 aliphatic heterocycles. The van der Waals surface area contributed by atoms with Crippen LogP contribution in [0.15, 0.2) is 12.7 Å². The number of halogens is 3. The first-order valence-electron chi connectivity index (χ1n) is 11.6. The Labute approximate surface area is 209 Å². The van der Waals surface area contributed by atoms with Crippen LogP contribution in [0, 0.1) is 11.8 Å². The van der Waals surface area contributed by atoms with E-state index in [-0.39, 0.29) is 24.2 Å². The van der Waals surface area contributed by atoms with Crippen LogP contribution in [-0.2, 0) is 14.0 Å². The summed E-state index contributed by atoms with van der Waals surface area (Å²) in [6.45, 7) is 16.7. The van der Waals surface area contributed by atoms with Gasteiger partial charge in [0.05, 0.1) is 6.04 Å². The van der Waals surface area contributed by atoms with E-state index in [0.717, 1.165) is 6.42 Å². The molecular weight excluding hydrogens is 489 g/mol. The van der Waals surface area contributed by atoms with Crippen molar-refractivity contribution >= 4 is 55.0 Å². The molecule has 0 unspecified atom stereocenters. The Morgan fingerprint density at radius 1 is 1.22 bits per heavy atom. The van der Waals surface area contributed by atoms with E-state index in [9.17, 15) is 9.59 Å². The highest BCUT2D eigenvalue weighted by Crippen LogP contribution is 2.54. The van der Waals surface area contributed by atoms with E-state index >= 15 is 0 Å². The van der Waals surface area contributed by atoms with Gasteiger partial charge in [0.15, 0.2) is 5.78 Å². The minimum absolute atomic E-state index is 0.0883. The SMILES string of the molecule is C=CC[C@@H]1C(=O)[C@@]2(O[Si](C(C)C)(C(C)C)C(C)C)CC[C@H]1C[C@H]2NC(=O)OCC(Cl)(Cl)Cl. The molecule has 3 fully saturated rings. The summed E-state index contributed by atoms with van der Waals surface area (Å²) in [6, 6.07) is -0.471. The third-order valence-electron chi connectivity index (χ3n) is 7.46. The predicted molar refractivity (Wildman–Crippen MR) is 134 cm³/mol.